The van der Waals surface area contributed by atoms with E-state index in [1.165, 1.54) is 12.3 Å². The Labute approximate surface area is 116 Å². The topological polar surface area (TPSA) is 60.1 Å². The van der Waals surface area contributed by atoms with Gasteiger partial charge in [0, 0.05) is 17.5 Å². The zero-order chi connectivity index (χ0) is 14.4. The monoisotopic (exact) mass is 271 g/mol. The maximum absolute atomic E-state index is 7.56. The lowest BCUT2D eigenvalue weighted by molar-refractivity contribution is 1.40. The van der Waals surface area contributed by atoms with E-state index in [9.17, 15) is 0 Å². The first-order chi connectivity index (χ1) is 8.97. The van der Waals surface area contributed by atoms with Crippen LogP contribution in [0.3, 0.4) is 0 Å². The molecule has 1 aromatic carbocycles. The Morgan fingerprint density at radius 3 is 2.63 bits per heavy atom. The quantitative estimate of drug-likeness (QED) is 0.609. The Bertz CT molecular complexity index is 583. The van der Waals surface area contributed by atoms with E-state index in [0.717, 1.165) is 16.6 Å². The largest absolute Gasteiger partial charge is 0.308 e. The van der Waals surface area contributed by atoms with Gasteiger partial charge in [0.2, 0.25) is 0 Å². The summed E-state index contributed by atoms with van der Waals surface area (Å²) in [5.74, 6) is 0. The van der Waals surface area contributed by atoms with Crippen molar-refractivity contribution in [3.63, 3.8) is 0 Å². The number of nitrogens with one attached hydrogen (secondary N) is 2. The van der Waals surface area contributed by atoms with Crippen molar-refractivity contribution in [3.05, 3.63) is 48.1 Å². The summed E-state index contributed by atoms with van der Waals surface area (Å²) in [5.41, 5.74) is 3.54. The Balaban J connectivity index is 3.16. The molecule has 0 saturated carbocycles. The van der Waals surface area contributed by atoms with Crippen LogP contribution < -0.4 is 5.30 Å². The molecule has 1 aromatic rings. The van der Waals surface area contributed by atoms with Gasteiger partial charge < -0.3 is 10.8 Å². The van der Waals surface area contributed by atoms with Gasteiger partial charge in [-0.15, -0.1) is 9.24 Å². The number of rotatable bonds is 5. The first kappa shape index (κ1) is 15.2. The van der Waals surface area contributed by atoms with Crippen LogP contribution in [0.4, 0.5) is 5.69 Å². The fourth-order valence-electron chi connectivity index (χ4n) is 1.53. The van der Waals surface area contributed by atoms with Crippen molar-refractivity contribution in [2.75, 3.05) is 0 Å². The molecule has 1 unspecified atom stereocenters. The van der Waals surface area contributed by atoms with Gasteiger partial charge in [-0.2, -0.15) is 0 Å². The molecular formula is C15H18N3P. The molecule has 2 N–H and O–H groups in total. The van der Waals surface area contributed by atoms with Crippen molar-refractivity contribution in [3.8, 4) is 0 Å². The van der Waals surface area contributed by atoms with Gasteiger partial charge in [-0.1, -0.05) is 12.6 Å². The highest BCUT2D eigenvalue weighted by atomic mass is 31.0. The van der Waals surface area contributed by atoms with Crippen LogP contribution in [0.2, 0.25) is 0 Å². The molecule has 0 aliphatic heterocycles. The van der Waals surface area contributed by atoms with Crippen molar-refractivity contribution in [1.82, 2.24) is 0 Å². The minimum Gasteiger partial charge on any atom is -0.308 e. The second kappa shape index (κ2) is 6.91. The van der Waals surface area contributed by atoms with Gasteiger partial charge in [0.15, 0.2) is 0 Å². The van der Waals surface area contributed by atoms with Crippen LogP contribution in [-0.2, 0) is 0 Å². The molecule has 0 aliphatic rings. The summed E-state index contributed by atoms with van der Waals surface area (Å²) in [4.78, 5) is 4.52. The lowest BCUT2D eigenvalue weighted by Gasteiger charge is -2.05. The fourth-order valence-corrected chi connectivity index (χ4v) is 1.87. The van der Waals surface area contributed by atoms with Crippen molar-refractivity contribution >= 4 is 37.9 Å². The Kier molecular flexibility index (Phi) is 5.53. The average molecular weight is 271 g/mol. The second-order valence-electron chi connectivity index (χ2n) is 4.15. The summed E-state index contributed by atoms with van der Waals surface area (Å²) >= 11 is 0. The van der Waals surface area contributed by atoms with Gasteiger partial charge >= 0.3 is 0 Å². The van der Waals surface area contributed by atoms with Crippen molar-refractivity contribution in [2.45, 2.75) is 13.8 Å². The van der Waals surface area contributed by atoms with E-state index < -0.39 is 0 Å². The number of aryl methyl sites for hydroxylation is 1. The summed E-state index contributed by atoms with van der Waals surface area (Å²) in [6.45, 7) is 7.36. The highest BCUT2D eigenvalue weighted by Crippen LogP contribution is 2.18. The third-order valence-electron chi connectivity index (χ3n) is 2.61. The molecule has 4 heteroatoms. The molecule has 1 rings (SSSR count). The van der Waals surface area contributed by atoms with E-state index in [2.05, 4.69) is 20.8 Å². The first-order valence-electron chi connectivity index (χ1n) is 5.83. The predicted octanol–water partition coefficient (Wildman–Crippen LogP) is 3.37. The highest BCUT2D eigenvalue weighted by Gasteiger charge is 2.02. The molecular weight excluding hydrogens is 253 g/mol. The van der Waals surface area contributed by atoms with Crippen LogP contribution in [0, 0.1) is 17.7 Å². The number of aliphatic imine (C=N–C) groups is 1. The van der Waals surface area contributed by atoms with Gasteiger partial charge in [-0.3, -0.25) is 4.99 Å². The summed E-state index contributed by atoms with van der Waals surface area (Å²) in [5, 5.41) is 16.1. The Hall–Kier alpha value is -1.86. The summed E-state index contributed by atoms with van der Waals surface area (Å²) in [6, 6.07) is 5.96. The minimum atomic E-state index is 0.269. The van der Waals surface area contributed by atoms with E-state index in [4.69, 9.17) is 10.8 Å². The standard InChI is InChI=1S/C15H18N3P/c1-4-13(17)8-12(9-16)11(3)18-15-6-5-14(19)7-10(15)2/h4-9,16-17H,1,19H2,2-3H3/b12-8+,16-9?,17-13?,18-11?. The van der Waals surface area contributed by atoms with Gasteiger partial charge in [-0.05, 0) is 49.0 Å². The molecule has 0 spiro atoms. The van der Waals surface area contributed by atoms with E-state index in [-0.39, 0.29) is 5.71 Å². The molecule has 0 heterocycles. The van der Waals surface area contributed by atoms with Gasteiger partial charge in [-0.25, -0.2) is 0 Å². The maximum Gasteiger partial charge on any atom is 0.0662 e. The molecule has 98 valence electrons. The van der Waals surface area contributed by atoms with Crippen molar-refractivity contribution in [1.29, 1.82) is 10.8 Å². The summed E-state index contributed by atoms with van der Waals surface area (Å²) in [6.07, 6.45) is 4.22. The van der Waals surface area contributed by atoms with Crippen LogP contribution in [0.5, 0.6) is 0 Å². The number of hydrogen-bond acceptors (Lipinski definition) is 3. The Morgan fingerprint density at radius 2 is 2.11 bits per heavy atom. The highest BCUT2D eigenvalue weighted by molar-refractivity contribution is 7.27. The number of benzene rings is 1. The molecule has 19 heavy (non-hydrogen) atoms. The lowest BCUT2D eigenvalue weighted by Crippen LogP contribution is -2.01. The maximum atomic E-state index is 7.56. The molecule has 1 atom stereocenters. The van der Waals surface area contributed by atoms with Crippen LogP contribution >= 0.6 is 9.24 Å². The Morgan fingerprint density at radius 1 is 1.42 bits per heavy atom. The normalized spacial score (nSPS) is 12.2. The second-order valence-corrected chi connectivity index (χ2v) is 4.81. The number of allylic oxidation sites excluding steroid dienone is 3. The van der Waals surface area contributed by atoms with Gasteiger partial charge in [0.05, 0.1) is 11.4 Å². The zero-order valence-electron chi connectivity index (χ0n) is 11.2. The average Bonchev–Trinajstić information content (AvgIpc) is 2.38. The molecule has 0 amide bonds. The number of nitrogens with zero attached hydrogens (tertiary/aromatic N) is 1. The summed E-state index contributed by atoms with van der Waals surface area (Å²) in [7, 11) is 2.65. The molecule has 0 radical (unpaired) electrons. The van der Waals surface area contributed by atoms with Crippen LogP contribution in [0.15, 0.2) is 47.5 Å². The predicted molar refractivity (Wildman–Crippen MR) is 88.1 cm³/mol. The smallest absolute Gasteiger partial charge is 0.0662 e. The third kappa shape index (κ3) is 4.38. The van der Waals surface area contributed by atoms with E-state index in [1.54, 1.807) is 6.08 Å². The minimum absolute atomic E-state index is 0.269. The van der Waals surface area contributed by atoms with Crippen LogP contribution in [-0.4, -0.2) is 17.6 Å². The van der Waals surface area contributed by atoms with E-state index in [0.29, 0.717) is 11.3 Å². The third-order valence-corrected chi connectivity index (χ3v) is 2.97. The van der Waals surface area contributed by atoms with E-state index >= 15 is 0 Å². The molecule has 3 nitrogen and oxygen atoms in total. The molecule has 0 saturated heterocycles. The van der Waals surface area contributed by atoms with E-state index in [1.807, 2.05) is 32.0 Å². The SMILES string of the molecule is C=CC(=N)/C=C(\C=N)C(C)=Nc1ccc(P)cc1C. The molecule has 0 aliphatic carbocycles. The first-order valence-corrected chi connectivity index (χ1v) is 6.40. The van der Waals surface area contributed by atoms with Gasteiger partial charge in [0.25, 0.3) is 0 Å². The zero-order valence-corrected chi connectivity index (χ0v) is 12.4. The van der Waals surface area contributed by atoms with Crippen LogP contribution in [0.25, 0.3) is 0 Å². The van der Waals surface area contributed by atoms with Crippen molar-refractivity contribution < 1.29 is 0 Å². The lowest BCUT2D eigenvalue weighted by atomic mass is 10.1. The molecule has 0 bridgehead atoms. The van der Waals surface area contributed by atoms with Crippen molar-refractivity contribution in [2.24, 2.45) is 4.99 Å². The molecule has 0 fully saturated rings. The van der Waals surface area contributed by atoms with Gasteiger partial charge in [0.1, 0.15) is 0 Å². The number of hydrogen-bond donors (Lipinski definition) is 2. The summed E-state index contributed by atoms with van der Waals surface area (Å²) < 4.78 is 0. The fraction of sp³-hybridized carbons (Fsp3) is 0.133. The van der Waals surface area contributed by atoms with Crippen LogP contribution in [0.1, 0.15) is 12.5 Å². The molecule has 0 aromatic heterocycles.